The number of nitrogens with one attached hydrogen (secondary N) is 2. The van der Waals surface area contributed by atoms with E-state index in [1.165, 1.54) is 22.3 Å². The van der Waals surface area contributed by atoms with Crippen LogP contribution < -0.4 is 9.47 Å². The van der Waals surface area contributed by atoms with Gasteiger partial charge in [-0.3, -0.25) is 0 Å². The fourth-order valence-corrected chi connectivity index (χ4v) is 5.88. The number of benzene rings is 5. The lowest BCUT2D eigenvalue weighted by Gasteiger charge is -2.25. The molecular formula is C37H28N2O2. The molecule has 2 N–H and O–H groups in total. The number of rotatable bonds is 5. The number of fused-ring (bicyclic) bond motifs is 5. The molecule has 5 aromatic carbocycles. The van der Waals surface area contributed by atoms with Crippen molar-refractivity contribution < 1.29 is 9.47 Å². The molecule has 1 aliphatic carbocycles. The molecule has 1 heterocycles. The van der Waals surface area contributed by atoms with Crippen LogP contribution in [0.5, 0.6) is 23.0 Å². The van der Waals surface area contributed by atoms with Crippen LogP contribution in [0.4, 0.5) is 0 Å². The van der Waals surface area contributed by atoms with Gasteiger partial charge in [0.15, 0.2) is 23.0 Å². The van der Waals surface area contributed by atoms with E-state index in [2.05, 4.69) is 50.2 Å². The number of allylic oxidation sites excluding steroid dienone is 2. The largest absolute Gasteiger partial charge is 0.450 e. The Labute approximate surface area is 239 Å². The molecule has 41 heavy (non-hydrogen) atoms. The fraction of sp³-hybridized carbons (Fsp3) is 0.0811. The Morgan fingerprint density at radius 1 is 0.561 bits per heavy atom. The Morgan fingerprint density at radius 3 is 2.02 bits per heavy atom. The topological polar surface area (TPSA) is 66.2 Å². The first kappa shape index (κ1) is 24.8. The molecule has 0 bridgehead atoms. The second-order valence-electron chi connectivity index (χ2n) is 11.0. The third-order valence-electron chi connectivity index (χ3n) is 8.06. The minimum absolute atomic E-state index is 0.114. The summed E-state index contributed by atoms with van der Waals surface area (Å²) in [6.45, 7) is 4.51. The predicted octanol–water partition coefficient (Wildman–Crippen LogP) is 9.55. The Morgan fingerprint density at radius 2 is 1.20 bits per heavy atom. The molecule has 0 atom stereocenters. The lowest BCUT2D eigenvalue weighted by molar-refractivity contribution is 0.359. The van der Waals surface area contributed by atoms with E-state index in [1.54, 1.807) is 12.2 Å². The Hall–Kier alpha value is -5.22. The minimum Gasteiger partial charge on any atom is -0.450 e. The lowest BCUT2D eigenvalue weighted by Crippen LogP contribution is -2.15. The highest BCUT2D eigenvalue weighted by Crippen LogP contribution is 2.55. The van der Waals surface area contributed by atoms with Gasteiger partial charge in [-0.2, -0.15) is 0 Å². The molecule has 2 aliphatic rings. The van der Waals surface area contributed by atoms with Gasteiger partial charge in [0.2, 0.25) is 0 Å². The molecule has 7 rings (SSSR count). The second-order valence-corrected chi connectivity index (χ2v) is 11.0. The highest BCUT2D eigenvalue weighted by Gasteiger charge is 2.37. The summed E-state index contributed by atoms with van der Waals surface area (Å²) in [5.74, 6) is 2.73. The lowest BCUT2D eigenvalue weighted by atomic mass is 9.82. The number of hydrogen-bond donors (Lipinski definition) is 2. The van der Waals surface area contributed by atoms with E-state index >= 15 is 0 Å². The molecule has 0 radical (unpaired) electrons. The first-order chi connectivity index (χ1) is 19.9. The van der Waals surface area contributed by atoms with Crippen molar-refractivity contribution in [3.05, 3.63) is 144 Å². The zero-order valence-corrected chi connectivity index (χ0v) is 22.9. The fourth-order valence-electron chi connectivity index (χ4n) is 5.88. The maximum absolute atomic E-state index is 8.78. The Bertz CT molecular complexity index is 1900. The summed E-state index contributed by atoms with van der Waals surface area (Å²) in [6, 6.07) is 36.1. The van der Waals surface area contributed by atoms with Crippen molar-refractivity contribution >= 4 is 11.4 Å². The van der Waals surface area contributed by atoms with Crippen LogP contribution in [0, 0.1) is 10.8 Å². The molecule has 5 aromatic rings. The number of hydrogen-bond acceptors (Lipinski definition) is 4. The maximum atomic E-state index is 8.78. The van der Waals surface area contributed by atoms with Gasteiger partial charge in [-0.15, -0.1) is 0 Å². The molecule has 0 fully saturated rings. The normalized spacial score (nSPS) is 13.8. The summed E-state index contributed by atoms with van der Waals surface area (Å²) < 4.78 is 12.8. The zero-order valence-electron chi connectivity index (χ0n) is 22.9. The number of ether oxygens (including phenoxy) is 2. The summed E-state index contributed by atoms with van der Waals surface area (Å²) in [4.78, 5) is 0. The predicted molar refractivity (Wildman–Crippen MR) is 165 cm³/mol. The van der Waals surface area contributed by atoms with Crippen molar-refractivity contribution in [1.82, 2.24) is 0 Å². The molecular weight excluding hydrogens is 504 g/mol. The monoisotopic (exact) mass is 532 g/mol. The molecule has 4 nitrogen and oxygen atoms in total. The summed E-state index contributed by atoms with van der Waals surface area (Å²) >= 11 is 0. The molecule has 0 saturated heterocycles. The van der Waals surface area contributed by atoms with Crippen LogP contribution >= 0.6 is 0 Å². The van der Waals surface area contributed by atoms with Crippen molar-refractivity contribution in [2.24, 2.45) is 0 Å². The first-order valence-electron chi connectivity index (χ1n) is 13.7. The molecule has 4 heteroatoms. The van der Waals surface area contributed by atoms with Gasteiger partial charge >= 0.3 is 0 Å². The molecule has 0 unspecified atom stereocenters. The average molecular weight is 533 g/mol. The average Bonchev–Trinajstić information content (AvgIpc) is 3.23. The quantitative estimate of drug-likeness (QED) is 0.217. The molecule has 0 spiro atoms. The van der Waals surface area contributed by atoms with Crippen molar-refractivity contribution in [3.63, 3.8) is 0 Å². The highest BCUT2D eigenvalue weighted by molar-refractivity contribution is 6.15. The van der Waals surface area contributed by atoms with Gasteiger partial charge in [0.25, 0.3) is 0 Å². The molecule has 0 amide bonds. The van der Waals surface area contributed by atoms with Gasteiger partial charge in [-0.1, -0.05) is 98.8 Å². The second kappa shape index (κ2) is 9.46. The smallest absolute Gasteiger partial charge is 0.170 e. The van der Waals surface area contributed by atoms with Crippen LogP contribution in [0.3, 0.4) is 0 Å². The molecule has 1 aliphatic heterocycles. The van der Waals surface area contributed by atoms with Crippen LogP contribution in [0.1, 0.15) is 36.1 Å². The van der Waals surface area contributed by atoms with Gasteiger partial charge in [-0.05, 0) is 75.4 Å². The van der Waals surface area contributed by atoms with Crippen LogP contribution in [-0.2, 0) is 5.41 Å². The van der Waals surface area contributed by atoms with Gasteiger partial charge < -0.3 is 20.3 Å². The van der Waals surface area contributed by atoms with Crippen molar-refractivity contribution in [2.75, 3.05) is 0 Å². The van der Waals surface area contributed by atoms with E-state index in [0.717, 1.165) is 28.0 Å². The maximum Gasteiger partial charge on any atom is 0.170 e. The Balaban J connectivity index is 1.20. The van der Waals surface area contributed by atoms with Crippen LogP contribution in [-0.4, -0.2) is 11.4 Å². The molecule has 0 saturated carbocycles. The standard InChI is InChI=1S/C37H28N2O2/c1-37(2)29-15-9-8-13-26(29)28-21-35-36(22-30(28)37)40-33-19-16-24(20-34(33)41-35)25-12-6-7-14-27(25)32(39)18-17-31(38)23-10-4-3-5-11-23/h3-22,38-39H,1-2H3/b18-17-,38-31?,39-32?. The minimum atomic E-state index is -0.114. The van der Waals surface area contributed by atoms with Gasteiger partial charge in [0.05, 0.1) is 11.4 Å². The first-order valence-corrected chi connectivity index (χ1v) is 13.7. The van der Waals surface area contributed by atoms with Crippen molar-refractivity contribution in [1.29, 1.82) is 10.8 Å². The summed E-state index contributed by atoms with van der Waals surface area (Å²) in [7, 11) is 0. The summed E-state index contributed by atoms with van der Waals surface area (Å²) in [5, 5.41) is 17.1. The van der Waals surface area contributed by atoms with Gasteiger partial charge in [-0.25, -0.2) is 0 Å². The van der Waals surface area contributed by atoms with Crippen LogP contribution in [0.15, 0.2) is 121 Å². The van der Waals surface area contributed by atoms with Crippen molar-refractivity contribution in [3.8, 4) is 45.3 Å². The van der Waals surface area contributed by atoms with Crippen molar-refractivity contribution in [2.45, 2.75) is 19.3 Å². The SMILES string of the molecule is CC1(C)c2ccccc2-c2cc3c(cc21)Oc1ccc(-c2ccccc2C(=N)/C=C\C(=N)c2ccccc2)cc1O3. The van der Waals surface area contributed by atoms with E-state index in [0.29, 0.717) is 28.7 Å². The third kappa shape index (κ3) is 4.16. The van der Waals surface area contributed by atoms with Gasteiger partial charge in [0, 0.05) is 11.0 Å². The highest BCUT2D eigenvalue weighted by atomic mass is 16.6. The van der Waals surface area contributed by atoms with E-state index in [-0.39, 0.29) is 5.41 Å². The van der Waals surface area contributed by atoms with E-state index in [1.807, 2.05) is 72.8 Å². The third-order valence-corrected chi connectivity index (χ3v) is 8.06. The zero-order chi connectivity index (χ0) is 28.1. The van der Waals surface area contributed by atoms with Crippen LogP contribution in [0.2, 0.25) is 0 Å². The summed E-state index contributed by atoms with van der Waals surface area (Å²) in [6.07, 6.45) is 3.36. The van der Waals surface area contributed by atoms with Gasteiger partial charge in [0.1, 0.15) is 0 Å². The van der Waals surface area contributed by atoms with E-state index in [9.17, 15) is 0 Å². The molecule has 198 valence electrons. The van der Waals surface area contributed by atoms with Crippen LogP contribution in [0.25, 0.3) is 22.3 Å². The van der Waals surface area contributed by atoms with E-state index in [4.69, 9.17) is 20.3 Å². The van der Waals surface area contributed by atoms with E-state index < -0.39 is 0 Å². The molecule has 0 aromatic heterocycles. The summed E-state index contributed by atoms with van der Waals surface area (Å²) in [5.41, 5.74) is 8.97. The Kier molecular flexibility index (Phi) is 5.72.